The molecule has 0 atom stereocenters. The Labute approximate surface area is 92.8 Å². The largest absolute Gasteiger partial charge is 0.365 e. The van der Waals surface area contributed by atoms with Crippen molar-refractivity contribution in [2.24, 2.45) is 0 Å². The summed E-state index contributed by atoms with van der Waals surface area (Å²) in [5.41, 5.74) is -0.461. The van der Waals surface area contributed by atoms with Crippen LogP contribution in [0.25, 0.3) is 5.65 Å². The van der Waals surface area contributed by atoms with Crippen LogP contribution in [0.2, 0.25) is 5.28 Å². The maximum atomic E-state index is 12.8. The van der Waals surface area contributed by atoms with Gasteiger partial charge in [0.2, 0.25) is 5.28 Å². The molecule has 2 heterocycles. The summed E-state index contributed by atoms with van der Waals surface area (Å²) in [4.78, 5) is 7.31. The summed E-state index contributed by atoms with van der Waals surface area (Å²) >= 11 is 10.5. The third-order valence-corrected chi connectivity index (χ3v) is 2.12. The van der Waals surface area contributed by atoms with Crippen LogP contribution in [0.3, 0.4) is 0 Å². The minimum Gasteiger partial charge on any atom is -0.215 e. The fraction of sp³-hybridized carbons (Fsp3) is 0.286. The van der Waals surface area contributed by atoms with E-state index in [2.05, 4.69) is 15.1 Å². The Morgan fingerprint density at radius 1 is 1.40 bits per heavy atom. The Hall–Kier alpha value is -1.01. The first-order valence-electron chi connectivity index (χ1n) is 3.85. The fourth-order valence-corrected chi connectivity index (χ4v) is 1.42. The smallest absolute Gasteiger partial charge is 0.215 e. The highest BCUT2D eigenvalue weighted by atomic mass is 35.5. The molecule has 0 aliphatic rings. The lowest BCUT2D eigenvalue weighted by Gasteiger charge is -2.06. The Bertz CT molecular complexity index is 519. The molecule has 0 unspecified atom stereocenters. The Balaban J connectivity index is 2.72. The molecule has 0 saturated heterocycles. The van der Waals surface area contributed by atoms with Crippen molar-refractivity contribution in [2.45, 2.75) is 12.3 Å². The number of aryl methyl sites for hydroxylation is 1. The molecule has 4 nitrogen and oxygen atoms in total. The van der Waals surface area contributed by atoms with Crippen LogP contribution in [0, 0.1) is 6.92 Å². The van der Waals surface area contributed by atoms with Gasteiger partial charge in [-0.1, -0.05) is 0 Å². The molecule has 80 valence electrons. The zero-order chi connectivity index (χ0) is 11.2. The van der Waals surface area contributed by atoms with Crippen LogP contribution in [0.5, 0.6) is 0 Å². The molecule has 2 rings (SSSR count). The number of nitrogens with zero attached hydrogens (tertiary/aromatic N) is 4. The van der Waals surface area contributed by atoms with Crippen molar-refractivity contribution in [3.8, 4) is 0 Å². The molecule has 0 fully saturated rings. The number of halogens is 4. The van der Waals surface area contributed by atoms with Gasteiger partial charge in [0.05, 0.1) is 0 Å². The van der Waals surface area contributed by atoms with E-state index in [4.69, 9.17) is 23.2 Å². The molecule has 0 radical (unpaired) electrons. The van der Waals surface area contributed by atoms with Gasteiger partial charge in [-0.25, -0.2) is 9.97 Å². The molecule has 2 aromatic rings. The van der Waals surface area contributed by atoms with Crippen molar-refractivity contribution in [3.63, 3.8) is 0 Å². The highest BCUT2D eigenvalue weighted by Gasteiger charge is 2.31. The van der Waals surface area contributed by atoms with Crippen LogP contribution < -0.4 is 0 Å². The SMILES string of the molecule is Cc1nc2cc(C(F)(F)Cl)nc(Cl)n2n1. The molecule has 15 heavy (non-hydrogen) atoms. The van der Waals surface area contributed by atoms with E-state index in [9.17, 15) is 8.78 Å². The van der Waals surface area contributed by atoms with E-state index in [0.717, 1.165) is 10.6 Å². The maximum absolute atomic E-state index is 12.8. The van der Waals surface area contributed by atoms with Gasteiger partial charge in [0, 0.05) is 6.07 Å². The summed E-state index contributed by atoms with van der Waals surface area (Å²) in [5.74, 6) is 0.411. The van der Waals surface area contributed by atoms with Gasteiger partial charge in [0.15, 0.2) is 5.65 Å². The first-order chi connectivity index (χ1) is 6.88. The molecular formula is C7H4Cl2F2N4. The molecule has 0 spiro atoms. The van der Waals surface area contributed by atoms with Gasteiger partial charge in [0.25, 0.3) is 0 Å². The summed E-state index contributed by atoms with van der Waals surface area (Å²) in [5, 5.41) is 0.0896. The number of fused-ring (bicyclic) bond motifs is 1. The van der Waals surface area contributed by atoms with E-state index in [1.807, 2.05) is 0 Å². The van der Waals surface area contributed by atoms with Crippen molar-refractivity contribution < 1.29 is 8.78 Å². The fourth-order valence-electron chi connectivity index (χ4n) is 1.11. The average molecular weight is 253 g/mol. The van der Waals surface area contributed by atoms with Gasteiger partial charge < -0.3 is 0 Å². The summed E-state index contributed by atoms with van der Waals surface area (Å²) < 4.78 is 26.7. The number of hydrogen-bond donors (Lipinski definition) is 0. The van der Waals surface area contributed by atoms with Gasteiger partial charge in [-0.15, -0.1) is 5.10 Å². The molecule has 0 amide bonds. The van der Waals surface area contributed by atoms with Gasteiger partial charge in [-0.05, 0) is 30.1 Å². The molecule has 0 bridgehead atoms. The number of alkyl halides is 3. The van der Waals surface area contributed by atoms with Crippen LogP contribution in [0.15, 0.2) is 6.07 Å². The zero-order valence-electron chi connectivity index (χ0n) is 7.38. The Kier molecular flexibility index (Phi) is 2.27. The average Bonchev–Trinajstić information content (AvgIpc) is 2.44. The van der Waals surface area contributed by atoms with Crippen molar-refractivity contribution in [1.82, 2.24) is 19.6 Å². The molecule has 0 aliphatic heterocycles. The first-order valence-corrected chi connectivity index (χ1v) is 4.60. The van der Waals surface area contributed by atoms with Crippen LogP contribution in [-0.2, 0) is 5.38 Å². The summed E-state index contributed by atoms with van der Waals surface area (Å²) in [7, 11) is 0. The minimum atomic E-state index is -3.56. The lowest BCUT2D eigenvalue weighted by atomic mass is 10.4. The van der Waals surface area contributed by atoms with Crippen molar-refractivity contribution in [3.05, 3.63) is 22.9 Å². The predicted molar refractivity (Wildman–Crippen MR) is 50.3 cm³/mol. The van der Waals surface area contributed by atoms with Crippen LogP contribution in [0.4, 0.5) is 8.78 Å². The van der Waals surface area contributed by atoms with Gasteiger partial charge >= 0.3 is 5.38 Å². The van der Waals surface area contributed by atoms with Crippen molar-refractivity contribution >= 4 is 28.8 Å². The zero-order valence-corrected chi connectivity index (χ0v) is 8.89. The van der Waals surface area contributed by atoms with Crippen molar-refractivity contribution in [2.75, 3.05) is 0 Å². The summed E-state index contributed by atoms with van der Waals surface area (Å²) in [6.45, 7) is 1.61. The first kappa shape index (κ1) is 10.5. The second-order valence-corrected chi connectivity index (χ2v) is 3.65. The highest BCUT2D eigenvalue weighted by Crippen LogP contribution is 2.31. The normalized spacial score (nSPS) is 12.3. The molecule has 0 saturated carbocycles. The lowest BCUT2D eigenvalue weighted by molar-refractivity contribution is 0.0899. The van der Waals surface area contributed by atoms with Crippen LogP contribution in [-0.4, -0.2) is 19.6 Å². The van der Waals surface area contributed by atoms with E-state index in [1.54, 1.807) is 6.92 Å². The second kappa shape index (κ2) is 3.24. The molecule has 0 N–H and O–H groups in total. The molecule has 2 aromatic heterocycles. The summed E-state index contributed by atoms with van der Waals surface area (Å²) in [6, 6.07) is 1.04. The van der Waals surface area contributed by atoms with Gasteiger partial charge in [0.1, 0.15) is 11.5 Å². The minimum absolute atomic E-state index is 0.183. The predicted octanol–water partition coefficient (Wildman–Crippen LogP) is 2.37. The molecule has 8 heteroatoms. The Morgan fingerprint density at radius 2 is 2.07 bits per heavy atom. The van der Waals surface area contributed by atoms with E-state index < -0.39 is 11.1 Å². The summed E-state index contributed by atoms with van der Waals surface area (Å²) in [6.07, 6.45) is 0. The third kappa shape index (κ3) is 1.87. The quantitative estimate of drug-likeness (QED) is 0.578. The van der Waals surface area contributed by atoms with E-state index in [-0.39, 0.29) is 10.9 Å². The van der Waals surface area contributed by atoms with Crippen molar-refractivity contribution in [1.29, 1.82) is 0 Å². The van der Waals surface area contributed by atoms with Crippen LogP contribution in [0.1, 0.15) is 11.5 Å². The number of rotatable bonds is 1. The van der Waals surface area contributed by atoms with E-state index >= 15 is 0 Å². The third-order valence-electron chi connectivity index (χ3n) is 1.68. The van der Waals surface area contributed by atoms with Gasteiger partial charge in [-0.2, -0.15) is 13.3 Å². The monoisotopic (exact) mass is 252 g/mol. The molecule has 0 aromatic carbocycles. The Morgan fingerprint density at radius 3 is 2.67 bits per heavy atom. The lowest BCUT2D eigenvalue weighted by Crippen LogP contribution is -2.08. The number of aromatic nitrogens is 4. The molecule has 0 aliphatic carbocycles. The number of hydrogen-bond acceptors (Lipinski definition) is 3. The van der Waals surface area contributed by atoms with E-state index in [0.29, 0.717) is 5.82 Å². The maximum Gasteiger partial charge on any atom is 0.365 e. The standard InChI is InChI=1S/C7H4Cl2F2N4/c1-3-12-5-2-4(7(9,10)11)13-6(8)15(5)14-3/h2H,1H3. The van der Waals surface area contributed by atoms with Crippen LogP contribution >= 0.6 is 23.2 Å². The van der Waals surface area contributed by atoms with Gasteiger partial charge in [-0.3, -0.25) is 0 Å². The second-order valence-electron chi connectivity index (χ2n) is 2.84. The molecular weight excluding hydrogens is 249 g/mol. The topological polar surface area (TPSA) is 43.1 Å². The highest BCUT2D eigenvalue weighted by molar-refractivity contribution is 6.28. The van der Waals surface area contributed by atoms with E-state index in [1.165, 1.54) is 0 Å².